The topological polar surface area (TPSA) is 55.6 Å². The maximum absolute atomic E-state index is 11.8. The van der Waals surface area contributed by atoms with Crippen molar-refractivity contribution in [3.8, 4) is 0 Å². The van der Waals surface area contributed by atoms with Crippen LogP contribution in [0.5, 0.6) is 0 Å². The number of ether oxygens (including phenoxy) is 1. The molecule has 0 aromatic heterocycles. The van der Waals surface area contributed by atoms with E-state index in [-0.39, 0.29) is 18.2 Å². The van der Waals surface area contributed by atoms with Gasteiger partial charge in [0.15, 0.2) is 0 Å². The number of nitrogens with two attached hydrogens (primary N) is 1. The summed E-state index contributed by atoms with van der Waals surface area (Å²) >= 11 is 0. The molecule has 0 radical (unpaired) electrons. The van der Waals surface area contributed by atoms with Crippen LogP contribution in [0.4, 0.5) is 4.79 Å². The second-order valence-corrected chi connectivity index (χ2v) is 4.98. The molecule has 92 valence electrons. The lowest BCUT2D eigenvalue weighted by molar-refractivity contribution is 0.0384. The Hall–Kier alpha value is -0.770. The maximum Gasteiger partial charge on any atom is 0.410 e. The molecule has 4 nitrogen and oxygen atoms in total. The Morgan fingerprint density at radius 2 is 1.88 bits per heavy atom. The highest BCUT2D eigenvalue weighted by atomic mass is 16.6. The molecule has 0 aromatic rings. The summed E-state index contributed by atoms with van der Waals surface area (Å²) in [4.78, 5) is 13.7. The van der Waals surface area contributed by atoms with Crippen LogP contribution < -0.4 is 5.73 Å². The number of carbonyl (C=O) groups is 1. The van der Waals surface area contributed by atoms with Crippen molar-refractivity contribution in [2.24, 2.45) is 5.73 Å². The Morgan fingerprint density at radius 1 is 1.12 bits per heavy atom. The lowest BCUT2D eigenvalue weighted by Crippen LogP contribution is -2.40. The molecule has 1 heterocycles. The van der Waals surface area contributed by atoms with E-state index >= 15 is 0 Å². The van der Waals surface area contributed by atoms with Crippen molar-refractivity contribution in [1.29, 1.82) is 0 Å². The quantitative estimate of drug-likeness (QED) is 0.742. The fourth-order valence-electron chi connectivity index (χ4n) is 2.58. The van der Waals surface area contributed by atoms with E-state index in [1.165, 1.54) is 6.42 Å². The molecule has 1 amide bonds. The van der Waals surface area contributed by atoms with Crippen molar-refractivity contribution < 1.29 is 9.53 Å². The number of hydrogen-bond donors (Lipinski definition) is 1. The van der Waals surface area contributed by atoms with Gasteiger partial charge in [-0.15, -0.1) is 0 Å². The zero-order valence-corrected chi connectivity index (χ0v) is 9.86. The van der Waals surface area contributed by atoms with E-state index in [0.29, 0.717) is 0 Å². The van der Waals surface area contributed by atoms with Crippen LogP contribution in [0.15, 0.2) is 0 Å². The summed E-state index contributed by atoms with van der Waals surface area (Å²) in [6.07, 6.45) is 7.34. The van der Waals surface area contributed by atoms with Crippen LogP contribution in [0.2, 0.25) is 0 Å². The highest BCUT2D eigenvalue weighted by Gasteiger charge is 2.25. The van der Waals surface area contributed by atoms with Gasteiger partial charge in [-0.1, -0.05) is 0 Å². The van der Waals surface area contributed by atoms with Gasteiger partial charge in [0.25, 0.3) is 0 Å². The van der Waals surface area contributed by atoms with Gasteiger partial charge in [0.2, 0.25) is 0 Å². The predicted molar refractivity (Wildman–Crippen MR) is 62.1 cm³/mol. The van der Waals surface area contributed by atoms with E-state index in [0.717, 1.165) is 51.6 Å². The molecule has 1 aliphatic heterocycles. The summed E-state index contributed by atoms with van der Waals surface area (Å²) in [7, 11) is 0. The third kappa shape index (κ3) is 3.11. The second-order valence-electron chi connectivity index (χ2n) is 4.98. The molecule has 2 fully saturated rings. The number of piperidine rings is 1. The van der Waals surface area contributed by atoms with Gasteiger partial charge < -0.3 is 15.4 Å². The van der Waals surface area contributed by atoms with Gasteiger partial charge in [-0.3, -0.25) is 0 Å². The van der Waals surface area contributed by atoms with Crippen LogP contribution in [0.3, 0.4) is 0 Å². The average Bonchev–Trinajstić information content (AvgIpc) is 2.30. The van der Waals surface area contributed by atoms with Crippen molar-refractivity contribution in [1.82, 2.24) is 4.90 Å². The Labute approximate surface area is 97.1 Å². The summed E-state index contributed by atoms with van der Waals surface area (Å²) in [5, 5.41) is 0. The fraction of sp³-hybridized carbons (Fsp3) is 0.917. The number of carbonyl (C=O) groups excluding carboxylic acids is 1. The number of rotatable bonds is 1. The first-order valence-electron chi connectivity index (χ1n) is 6.47. The third-order valence-electron chi connectivity index (χ3n) is 3.55. The average molecular weight is 226 g/mol. The Bertz CT molecular complexity index is 239. The van der Waals surface area contributed by atoms with Crippen LogP contribution in [-0.4, -0.2) is 36.2 Å². The molecule has 1 saturated heterocycles. The van der Waals surface area contributed by atoms with Gasteiger partial charge in [-0.25, -0.2) is 4.79 Å². The van der Waals surface area contributed by atoms with Crippen LogP contribution >= 0.6 is 0 Å². The molecule has 4 heteroatoms. The summed E-state index contributed by atoms with van der Waals surface area (Å²) in [5.74, 6) is 0. The molecular formula is C12H22N2O2. The van der Waals surface area contributed by atoms with Gasteiger partial charge >= 0.3 is 6.09 Å². The normalized spacial score (nSPS) is 31.2. The summed E-state index contributed by atoms with van der Waals surface area (Å²) in [5.41, 5.74) is 5.87. The lowest BCUT2D eigenvalue weighted by atomic mass is 9.94. The number of likely N-dealkylation sites (tertiary alicyclic amines) is 1. The number of hydrogen-bond acceptors (Lipinski definition) is 3. The van der Waals surface area contributed by atoms with Crippen molar-refractivity contribution in [2.45, 2.75) is 57.1 Å². The Balaban J connectivity index is 1.77. The van der Waals surface area contributed by atoms with E-state index in [9.17, 15) is 4.79 Å². The Kier molecular flexibility index (Phi) is 4.04. The van der Waals surface area contributed by atoms with Gasteiger partial charge in [-0.05, 0) is 44.9 Å². The van der Waals surface area contributed by atoms with E-state index < -0.39 is 0 Å². The van der Waals surface area contributed by atoms with E-state index in [1.54, 1.807) is 0 Å². The summed E-state index contributed by atoms with van der Waals surface area (Å²) in [6.45, 7) is 1.72. The first-order chi connectivity index (χ1) is 7.75. The van der Waals surface area contributed by atoms with Crippen LogP contribution in [0.1, 0.15) is 44.9 Å². The highest BCUT2D eigenvalue weighted by molar-refractivity contribution is 5.67. The number of amides is 1. The predicted octanol–water partition coefficient (Wildman–Crippen LogP) is 1.88. The standard InChI is InChI=1S/C12H22N2O2/c13-10-5-4-6-11(9-10)16-12(15)14-7-2-1-3-8-14/h10-11H,1-9,13H2. The van der Waals surface area contributed by atoms with Crippen molar-refractivity contribution in [3.05, 3.63) is 0 Å². The lowest BCUT2D eigenvalue weighted by Gasteiger charge is -2.31. The molecule has 2 rings (SSSR count). The minimum Gasteiger partial charge on any atom is -0.446 e. The molecule has 2 unspecified atom stereocenters. The molecule has 2 aliphatic rings. The minimum absolute atomic E-state index is 0.0539. The smallest absolute Gasteiger partial charge is 0.410 e. The van der Waals surface area contributed by atoms with Gasteiger partial charge in [0.05, 0.1) is 0 Å². The summed E-state index contributed by atoms with van der Waals surface area (Å²) < 4.78 is 5.51. The molecule has 1 saturated carbocycles. The van der Waals surface area contributed by atoms with E-state index in [2.05, 4.69) is 0 Å². The summed E-state index contributed by atoms with van der Waals surface area (Å²) in [6, 6.07) is 0.216. The minimum atomic E-state index is -0.126. The number of nitrogens with zero attached hydrogens (tertiary/aromatic N) is 1. The van der Waals surface area contributed by atoms with Crippen LogP contribution in [-0.2, 0) is 4.74 Å². The van der Waals surface area contributed by atoms with Gasteiger partial charge in [-0.2, -0.15) is 0 Å². The molecule has 16 heavy (non-hydrogen) atoms. The highest BCUT2D eigenvalue weighted by Crippen LogP contribution is 2.21. The van der Waals surface area contributed by atoms with Crippen LogP contribution in [0, 0.1) is 0 Å². The van der Waals surface area contributed by atoms with E-state index in [4.69, 9.17) is 10.5 Å². The largest absolute Gasteiger partial charge is 0.446 e. The van der Waals surface area contributed by atoms with Crippen LogP contribution in [0.25, 0.3) is 0 Å². The van der Waals surface area contributed by atoms with Gasteiger partial charge in [0.1, 0.15) is 6.10 Å². The van der Waals surface area contributed by atoms with Crippen molar-refractivity contribution >= 4 is 6.09 Å². The second kappa shape index (κ2) is 5.53. The first-order valence-corrected chi connectivity index (χ1v) is 6.47. The zero-order valence-electron chi connectivity index (χ0n) is 9.86. The molecule has 0 bridgehead atoms. The molecular weight excluding hydrogens is 204 g/mol. The van der Waals surface area contributed by atoms with Crippen molar-refractivity contribution in [3.63, 3.8) is 0 Å². The molecule has 0 aromatic carbocycles. The van der Waals surface area contributed by atoms with E-state index in [1.807, 2.05) is 4.90 Å². The maximum atomic E-state index is 11.8. The third-order valence-corrected chi connectivity index (χ3v) is 3.55. The molecule has 2 atom stereocenters. The SMILES string of the molecule is NC1CCCC(OC(=O)N2CCCCC2)C1. The molecule has 0 spiro atoms. The fourth-order valence-corrected chi connectivity index (χ4v) is 2.58. The molecule has 2 N–H and O–H groups in total. The molecule has 1 aliphatic carbocycles. The first kappa shape index (κ1) is 11.7. The Morgan fingerprint density at radius 3 is 2.56 bits per heavy atom. The monoisotopic (exact) mass is 226 g/mol. The zero-order chi connectivity index (χ0) is 11.4. The van der Waals surface area contributed by atoms with Crippen molar-refractivity contribution in [2.75, 3.05) is 13.1 Å². The van der Waals surface area contributed by atoms with Gasteiger partial charge in [0, 0.05) is 19.1 Å².